The van der Waals surface area contributed by atoms with Crippen molar-refractivity contribution >= 4 is 35.0 Å². The fourth-order valence-electron chi connectivity index (χ4n) is 9.50. The van der Waals surface area contributed by atoms with E-state index in [9.17, 15) is 19.2 Å². The molecule has 6 aromatic rings. The number of alkyl halides is 2. The lowest BCUT2D eigenvalue weighted by Gasteiger charge is -2.36. The number of carbonyl (C=O) groups is 4. The predicted octanol–water partition coefficient (Wildman–Crippen LogP) is 7.98. The van der Waals surface area contributed by atoms with Crippen molar-refractivity contribution in [3.8, 4) is 33.5 Å². The number of nitrogens with zero attached hydrogens (tertiary/aromatic N) is 4. The zero-order chi connectivity index (χ0) is 44.0. The van der Waals surface area contributed by atoms with Crippen LogP contribution < -0.4 is 10.6 Å². The van der Waals surface area contributed by atoms with Gasteiger partial charge in [-0.15, -0.1) is 0 Å². The summed E-state index contributed by atoms with van der Waals surface area (Å²) in [6, 6.07) is 23.5. The number of likely N-dealkylation sites (tertiary alicyclic amines) is 1. The third kappa shape index (κ3) is 7.63. The van der Waals surface area contributed by atoms with Crippen molar-refractivity contribution in [1.82, 2.24) is 40.4 Å². The summed E-state index contributed by atoms with van der Waals surface area (Å²) >= 11 is 0. The number of benzene rings is 4. The second-order valence-electron chi connectivity index (χ2n) is 16.3. The molecule has 2 aromatic heterocycles. The van der Waals surface area contributed by atoms with Gasteiger partial charge >= 0.3 is 12.2 Å². The highest BCUT2D eigenvalue weighted by molar-refractivity contribution is 5.89. The molecule has 14 nitrogen and oxygen atoms in total. The van der Waals surface area contributed by atoms with Crippen LogP contribution in [0.15, 0.2) is 91.1 Å². The van der Waals surface area contributed by atoms with Gasteiger partial charge in [0, 0.05) is 29.3 Å². The van der Waals surface area contributed by atoms with E-state index in [1.807, 2.05) is 54.3 Å². The molecule has 0 spiro atoms. The lowest BCUT2D eigenvalue weighted by atomic mass is 9.96. The van der Waals surface area contributed by atoms with Crippen LogP contribution in [0.2, 0.25) is 0 Å². The molecule has 1 saturated carbocycles. The van der Waals surface area contributed by atoms with E-state index in [4.69, 9.17) is 9.72 Å². The summed E-state index contributed by atoms with van der Waals surface area (Å²) in [6.45, 7) is 2.26. The summed E-state index contributed by atoms with van der Waals surface area (Å²) < 4.78 is 42.4. The van der Waals surface area contributed by atoms with Gasteiger partial charge in [-0.2, -0.15) is 8.78 Å². The number of nitrogens with one attached hydrogen (secondary N) is 4. The van der Waals surface area contributed by atoms with Crippen molar-refractivity contribution in [2.24, 2.45) is 5.92 Å². The van der Waals surface area contributed by atoms with Crippen LogP contribution in [0.25, 0.3) is 44.5 Å². The minimum absolute atomic E-state index is 0.00469. The maximum atomic E-state index is 16.5. The third-order valence-electron chi connectivity index (χ3n) is 12.5. The first-order chi connectivity index (χ1) is 30.5. The van der Waals surface area contributed by atoms with Gasteiger partial charge in [-0.3, -0.25) is 9.59 Å². The van der Waals surface area contributed by atoms with Gasteiger partial charge in [-0.25, -0.2) is 19.6 Å². The maximum Gasteiger partial charge on any atom is 0.407 e. The second kappa shape index (κ2) is 16.6. The summed E-state index contributed by atoms with van der Waals surface area (Å²) in [5, 5.41) is 5.14. The molecule has 16 heteroatoms. The maximum absolute atomic E-state index is 16.5. The normalized spacial score (nSPS) is 18.4. The molecule has 4 N–H and O–H groups in total. The van der Waals surface area contributed by atoms with Gasteiger partial charge in [0.15, 0.2) is 0 Å². The summed E-state index contributed by atoms with van der Waals surface area (Å²) in [6.07, 6.45) is 3.45. The van der Waals surface area contributed by atoms with Crippen LogP contribution in [0.4, 0.5) is 18.4 Å². The van der Waals surface area contributed by atoms with Gasteiger partial charge in [0.25, 0.3) is 11.8 Å². The number of halogens is 2. The molecule has 3 aliphatic rings. The highest BCUT2D eigenvalue weighted by Gasteiger charge is 2.51. The SMILES string of the molecule is CCCN(Cc1ncc(-c2ccc3c(c2)C(F)(F)c2cc(-c4ccc5nc([C@@H]6[C@H]7CC[C@H](C7)N6C(=O)[C@H](NC(=O)OC)c6ccccc6)[nH]c5c4)ccc2-3)[nH]1)C(=O)CNC(=O)OC. The van der Waals surface area contributed by atoms with Crippen molar-refractivity contribution in [2.45, 2.75) is 63.2 Å². The standard InChI is InChI=1S/C47H46F2N8O6/c1-4-18-56(40(58)24-51-45(60)62-2)25-39-50-23-38(52-39)29-12-16-33-32-15-11-27(20-34(32)47(48,49)35(33)21-29)28-13-17-36-37(22-28)54-43(53-36)42-30-10-14-31(19-30)57(42)44(59)41(55-46(61)63-3)26-8-6-5-7-9-26/h5-9,11-13,15-17,20-23,30-31,41-42H,4,10,14,18-19,24-25H2,1-3H3,(H,50,52)(H,51,60)(H,53,54)(H,55,61)/t30-,31+,41+,42-/m0/s1. The molecule has 2 aliphatic carbocycles. The van der Waals surface area contributed by atoms with E-state index in [1.54, 1.807) is 47.5 Å². The number of amides is 4. The van der Waals surface area contributed by atoms with E-state index < -0.39 is 24.2 Å². The first-order valence-electron chi connectivity index (χ1n) is 21.0. The quantitative estimate of drug-likeness (QED) is 0.0959. The number of alkyl carbamates (subject to hydrolysis) is 2. The van der Waals surface area contributed by atoms with Crippen molar-refractivity contribution in [3.05, 3.63) is 119 Å². The molecule has 2 fully saturated rings. The fourth-order valence-corrected chi connectivity index (χ4v) is 9.50. The lowest BCUT2D eigenvalue weighted by Crippen LogP contribution is -2.47. The number of rotatable bonds is 12. The topological polar surface area (TPSA) is 175 Å². The van der Waals surface area contributed by atoms with E-state index in [-0.39, 0.29) is 54.0 Å². The molecular weight excluding hydrogens is 811 g/mol. The number of hydrogen-bond donors (Lipinski definition) is 4. The number of piperidine rings is 1. The van der Waals surface area contributed by atoms with Crippen LogP contribution >= 0.6 is 0 Å². The van der Waals surface area contributed by atoms with E-state index in [2.05, 4.69) is 30.3 Å². The monoisotopic (exact) mass is 856 g/mol. The number of hydrogen-bond acceptors (Lipinski definition) is 8. The van der Waals surface area contributed by atoms with Crippen molar-refractivity contribution < 1.29 is 37.4 Å². The molecule has 0 unspecified atom stereocenters. The second-order valence-corrected chi connectivity index (χ2v) is 16.3. The van der Waals surface area contributed by atoms with Gasteiger partial charge in [0.1, 0.15) is 24.2 Å². The van der Waals surface area contributed by atoms with Crippen LogP contribution in [0, 0.1) is 5.92 Å². The van der Waals surface area contributed by atoms with E-state index in [0.29, 0.717) is 69.2 Å². The van der Waals surface area contributed by atoms with Crippen LogP contribution in [-0.2, 0) is 31.5 Å². The first kappa shape index (κ1) is 41.3. The Hall–Kier alpha value is -7.10. The van der Waals surface area contributed by atoms with Gasteiger partial charge < -0.3 is 39.9 Å². The van der Waals surface area contributed by atoms with Crippen LogP contribution in [0.5, 0.6) is 0 Å². The third-order valence-corrected chi connectivity index (χ3v) is 12.5. The number of methoxy groups -OCH3 is 2. The number of aromatic nitrogens is 4. The molecular formula is C47H46F2N8O6. The first-order valence-corrected chi connectivity index (χ1v) is 21.0. The largest absolute Gasteiger partial charge is 0.453 e. The number of fused-ring (bicyclic) bond motifs is 6. The van der Waals surface area contributed by atoms with Crippen LogP contribution in [-0.4, -0.2) is 87.1 Å². The molecule has 1 aliphatic heterocycles. The molecule has 4 aromatic carbocycles. The Kier molecular flexibility index (Phi) is 10.9. The van der Waals surface area contributed by atoms with E-state index in [1.165, 1.54) is 20.3 Å². The fraction of sp³-hybridized carbons (Fsp3) is 0.319. The smallest absolute Gasteiger partial charge is 0.407 e. The average Bonchev–Trinajstić information content (AvgIpc) is 4.16. The number of imidazole rings is 2. The van der Waals surface area contributed by atoms with Gasteiger partial charge in [0.05, 0.1) is 49.7 Å². The summed E-state index contributed by atoms with van der Waals surface area (Å²) in [7, 11) is 2.48. The molecule has 63 heavy (non-hydrogen) atoms. The van der Waals surface area contributed by atoms with E-state index >= 15 is 8.78 Å². The van der Waals surface area contributed by atoms with Crippen LogP contribution in [0.3, 0.4) is 0 Å². The average molecular weight is 857 g/mol. The van der Waals surface area contributed by atoms with Gasteiger partial charge in [-0.05, 0) is 83.7 Å². The molecule has 4 amide bonds. The number of H-pyrrole nitrogens is 2. The van der Waals surface area contributed by atoms with Crippen molar-refractivity contribution in [2.75, 3.05) is 27.3 Å². The summed E-state index contributed by atoms with van der Waals surface area (Å²) in [4.78, 5) is 70.6. The number of ether oxygens (including phenoxy) is 2. The Bertz CT molecular complexity index is 2740. The Morgan fingerprint density at radius 3 is 2.32 bits per heavy atom. The zero-order valence-corrected chi connectivity index (χ0v) is 34.9. The Labute approximate surface area is 361 Å². The molecule has 2 bridgehead atoms. The summed E-state index contributed by atoms with van der Waals surface area (Å²) in [5.74, 6) is -2.55. The van der Waals surface area contributed by atoms with Crippen LogP contribution in [0.1, 0.15) is 73.0 Å². The Morgan fingerprint density at radius 1 is 0.889 bits per heavy atom. The number of aromatic amines is 2. The zero-order valence-electron chi connectivity index (χ0n) is 34.9. The predicted molar refractivity (Wildman–Crippen MR) is 229 cm³/mol. The Balaban J connectivity index is 0.950. The molecule has 3 heterocycles. The van der Waals surface area contributed by atoms with Crippen molar-refractivity contribution in [1.29, 1.82) is 0 Å². The van der Waals surface area contributed by atoms with Crippen molar-refractivity contribution in [3.63, 3.8) is 0 Å². The minimum Gasteiger partial charge on any atom is -0.453 e. The minimum atomic E-state index is -3.29. The highest BCUT2D eigenvalue weighted by atomic mass is 19.3. The number of carbonyl (C=O) groups excluding carboxylic acids is 4. The summed E-state index contributed by atoms with van der Waals surface area (Å²) in [5.41, 5.74) is 5.11. The lowest BCUT2D eigenvalue weighted by molar-refractivity contribution is -0.138. The van der Waals surface area contributed by atoms with Gasteiger partial charge in [0.2, 0.25) is 5.91 Å². The van der Waals surface area contributed by atoms with Gasteiger partial charge in [-0.1, -0.05) is 67.6 Å². The molecule has 324 valence electrons. The molecule has 9 rings (SSSR count). The Morgan fingerprint density at radius 2 is 1.59 bits per heavy atom. The molecule has 4 atom stereocenters. The molecule has 0 radical (unpaired) electrons. The highest BCUT2D eigenvalue weighted by Crippen LogP contribution is 2.53. The molecule has 1 saturated heterocycles. The van der Waals surface area contributed by atoms with E-state index in [0.717, 1.165) is 24.8 Å².